The second-order valence-electron chi connectivity index (χ2n) is 6.54. The van der Waals surface area contributed by atoms with Crippen LogP contribution in [0.25, 0.3) is 0 Å². The molecule has 0 saturated carbocycles. The molecule has 0 saturated heterocycles. The lowest BCUT2D eigenvalue weighted by atomic mass is 10.1. The van der Waals surface area contributed by atoms with E-state index in [2.05, 4.69) is 10.6 Å². The van der Waals surface area contributed by atoms with Crippen LogP contribution in [-0.4, -0.2) is 11.8 Å². The van der Waals surface area contributed by atoms with Gasteiger partial charge in [0.05, 0.1) is 0 Å². The minimum Gasteiger partial charge on any atom is -0.399 e. The van der Waals surface area contributed by atoms with Gasteiger partial charge in [-0.3, -0.25) is 9.59 Å². The SMILES string of the molecule is Nc1ccc(CCC(=O)Nc2cccc(C(=O)NCc3ccccc3)c2)cc1. The maximum absolute atomic E-state index is 12.4. The standard InChI is InChI=1S/C23H23N3O2/c24-20-12-9-17(10-13-20)11-14-22(27)26-21-8-4-7-19(15-21)23(28)25-16-18-5-2-1-3-6-18/h1-10,12-13,15H,11,14,16,24H2,(H,25,28)(H,26,27). The summed E-state index contributed by atoms with van der Waals surface area (Å²) in [4.78, 5) is 24.6. The van der Waals surface area contributed by atoms with Crippen molar-refractivity contribution < 1.29 is 9.59 Å². The van der Waals surface area contributed by atoms with Gasteiger partial charge in [0, 0.05) is 29.9 Å². The molecule has 4 N–H and O–H groups in total. The topological polar surface area (TPSA) is 84.2 Å². The van der Waals surface area contributed by atoms with Crippen molar-refractivity contribution in [2.45, 2.75) is 19.4 Å². The highest BCUT2D eigenvalue weighted by molar-refractivity contribution is 5.97. The quantitative estimate of drug-likeness (QED) is 0.551. The summed E-state index contributed by atoms with van der Waals surface area (Å²) in [7, 11) is 0. The molecule has 142 valence electrons. The predicted octanol–water partition coefficient (Wildman–Crippen LogP) is 3.77. The van der Waals surface area contributed by atoms with Gasteiger partial charge in [-0.1, -0.05) is 48.5 Å². The fourth-order valence-corrected chi connectivity index (χ4v) is 2.78. The summed E-state index contributed by atoms with van der Waals surface area (Å²) in [5.41, 5.74) is 9.57. The van der Waals surface area contributed by atoms with Crippen molar-refractivity contribution in [2.24, 2.45) is 0 Å². The van der Waals surface area contributed by atoms with E-state index in [1.807, 2.05) is 54.6 Å². The van der Waals surface area contributed by atoms with Crippen LogP contribution in [-0.2, 0) is 17.8 Å². The van der Waals surface area contributed by atoms with E-state index < -0.39 is 0 Å². The van der Waals surface area contributed by atoms with Crippen LogP contribution in [0.15, 0.2) is 78.9 Å². The van der Waals surface area contributed by atoms with Crippen molar-refractivity contribution in [3.8, 4) is 0 Å². The van der Waals surface area contributed by atoms with Gasteiger partial charge in [0.2, 0.25) is 5.91 Å². The summed E-state index contributed by atoms with van der Waals surface area (Å²) in [6.45, 7) is 0.456. The van der Waals surface area contributed by atoms with E-state index in [0.29, 0.717) is 36.3 Å². The number of carbonyl (C=O) groups excluding carboxylic acids is 2. The summed E-state index contributed by atoms with van der Waals surface area (Å²) < 4.78 is 0. The first kappa shape index (κ1) is 19.2. The Labute approximate surface area is 164 Å². The number of nitrogens with one attached hydrogen (secondary N) is 2. The number of aryl methyl sites for hydroxylation is 1. The Kier molecular flexibility index (Phi) is 6.41. The Morgan fingerprint density at radius 3 is 2.32 bits per heavy atom. The molecule has 0 heterocycles. The van der Waals surface area contributed by atoms with Crippen molar-refractivity contribution in [1.29, 1.82) is 0 Å². The van der Waals surface area contributed by atoms with Crippen molar-refractivity contribution >= 4 is 23.2 Å². The van der Waals surface area contributed by atoms with Crippen LogP contribution >= 0.6 is 0 Å². The zero-order valence-corrected chi connectivity index (χ0v) is 15.5. The molecule has 0 fully saturated rings. The number of carbonyl (C=O) groups is 2. The molecule has 3 rings (SSSR count). The van der Waals surface area contributed by atoms with Gasteiger partial charge in [-0.15, -0.1) is 0 Å². The second-order valence-corrected chi connectivity index (χ2v) is 6.54. The van der Waals surface area contributed by atoms with Gasteiger partial charge >= 0.3 is 0 Å². The molecular formula is C23H23N3O2. The van der Waals surface area contributed by atoms with Gasteiger partial charge in [0.1, 0.15) is 0 Å². The van der Waals surface area contributed by atoms with E-state index in [9.17, 15) is 9.59 Å². The normalized spacial score (nSPS) is 10.3. The number of benzene rings is 3. The van der Waals surface area contributed by atoms with Crippen molar-refractivity contribution in [2.75, 3.05) is 11.1 Å². The van der Waals surface area contributed by atoms with Crippen LogP contribution in [0.4, 0.5) is 11.4 Å². The van der Waals surface area contributed by atoms with Gasteiger partial charge in [-0.25, -0.2) is 0 Å². The molecule has 0 atom stereocenters. The van der Waals surface area contributed by atoms with Crippen LogP contribution in [0.5, 0.6) is 0 Å². The fourth-order valence-electron chi connectivity index (χ4n) is 2.78. The zero-order chi connectivity index (χ0) is 19.8. The molecule has 0 aliphatic carbocycles. The molecule has 0 bridgehead atoms. The maximum Gasteiger partial charge on any atom is 0.251 e. The third kappa shape index (κ3) is 5.71. The Hall–Kier alpha value is -3.60. The van der Waals surface area contributed by atoms with Crippen LogP contribution in [0.3, 0.4) is 0 Å². The number of hydrogen-bond donors (Lipinski definition) is 3. The number of amides is 2. The second kappa shape index (κ2) is 9.37. The van der Waals surface area contributed by atoms with Gasteiger partial charge in [0.15, 0.2) is 0 Å². The number of nitrogens with two attached hydrogens (primary N) is 1. The molecule has 0 radical (unpaired) electrons. The maximum atomic E-state index is 12.4. The van der Waals surface area contributed by atoms with E-state index in [0.717, 1.165) is 11.1 Å². The monoisotopic (exact) mass is 373 g/mol. The first-order valence-electron chi connectivity index (χ1n) is 9.16. The van der Waals surface area contributed by atoms with Crippen molar-refractivity contribution in [3.63, 3.8) is 0 Å². The molecule has 0 spiro atoms. The van der Waals surface area contributed by atoms with Gasteiger partial charge < -0.3 is 16.4 Å². The third-order valence-corrected chi connectivity index (χ3v) is 4.32. The lowest BCUT2D eigenvalue weighted by Crippen LogP contribution is -2.23. The number of hydrogen-bond acceptors (Lipinski definition) is 3. The molecule has 3 aromatic rings. The molecule has 0 aliphatic rings. The van der Waals surface area contributed by atoms with E-state index in [4.69, 9.17) is 5.73 Å². The first-order chi connectivity index (χ1) is 13.6. The summed E-state index contributed by atoms with van der Waals surface area (Å²) in [5.74, 6) is -0.277. The Morgan fingerprint density at radius 2 is 1.57 bits per heavy atom. The van der Waals surface area contributed by atoms with Crippen LogP contribution in [0, 0.1) is 0 Å². The Bertz CT molecular complexity index is 938. The molecule has 5 nitrogen and oxygen atoms in total. The highest BCUT2D eigenvalue weighted by Gasteiger charge is 2.08. The smallest absolute Gasteiger partial charge is 0.251 e. The van der Waals surface area contributed by atoms with Crippen molar-refractivity contribution in [1.82, 2.24) is 5.32 Å². The van der Waals surface area contributed by atoms with E-state index in [1.54, 1.807) is 24.3 Å². The highest BCUT2D eigenvalue weighted by atomic mass is 16.2. The molecule has 28 heavy (non-hydrogen) atoms. The fraction of sp³-hybridized carbons (Fsp3) is 0.130. The molecular weight excluding hydrogens is 350 g/mol. The molecule has 0 unspecified atom stereocenters. The lowest BCUT2D eigenvalue weighted by molar-refractivity contribution is -0.116. The predicted molar refractivity (Wildman–Crippen MR) is 112 cm³/mol. The van der Waals surface area contributed by atoms with E-state index >= 15 is 0 Å². The number of rotatable bonds is 7. The first-order valence-corrected chi connectivity index (χ1v) is 9.16. The minimum atomic E-state index is -0.179. The molecule has 3 aromatic carbocycles. The minimum absolute atomic E-state index is 0.0985. The summed E-state index contributed by atoms with van der Waals surface area (Å²) in [5, 5.41) is 5.73. The molecule has 2 amide bonds. The van der Waals surface area contributed by atoms with Crippen LogP contribution < -0.4 is 16.4 Å². The Balaban J connectivity index is 1.52. The third-order valence-electron chi connectivity index (χ3n) is 4.32. The molecule has 0 aliphatic heterocycles. The highest BCUT2D eigenvalue weighted by Crippen LogP contribution is 2.13. The van der Waals surface area contributed by atoms with Gasteiger partial charge in [0.25, 0.3) is 5.91 Å². The molecule has 5 heteroatoms. The average Bonchev–Trinajstić information content (AvgIpc) is 2.72. The molecule has 0 aromatic heterocycles. The zero-order valence-electron chi connectivity index (χ0n) is 15.5. The lowest BCUT2D eigenvalue weighted by Gasteiger charge is -2.09. The van der Waals surface area contributed by atoms with Crippen LogP contribution in [0.1, 0.15) is 27.9 Å². The summed E-state index contributed by atoms with van der Waals surface area (Å²) >= 11 is 0. The van der Waals surface area contributed by atoms with Crippen molar-refractivity contribution in [3.05, 3.63) is 95.6 Å². The van der Waals surface area contributed by atoms with Crippen LogP contribution in [0.2, 0.25) is 0 Å². The van der Waals surface area contributed by atoms with Gasteiger partial charge in [-0.2, -0.15) is 0 Å². The summed E-state index contributed by atoms with van der Waals surface area (Å²) in [6.07, 6.45) is 0.984. The largest absolute Gasteiger partial charge is 0.399 e. The van der Waals surface area contributed by atoms with E-state index in [1.165, 1.54) is 0 Å². The number of nitrogen functional groups attached to an aromatic ring is 1. The Morgan fingerprint density at radius 1 is 0.821 bits per heavy atom. The van der Waals surface area contributed by atoms with E-state index in [-0.39, 0.29) is 11.8 Å². The average molecular weight is 373 g/mol. The number of anilines is 2. The summed E-state index contributed by atoms with van der Waals surface area (Å²) in [6, 6.07) is 24.1. The van der Waals surface area contributed by atoms with Gasteiger partial charge in [-0.05, 0) is 47.9 Å².